The van der Waals surface area contributed by atoms with Crippen LogP contribution in [-0.4, -0.2) is 5.11 Å². The van der Waals surface area contributed by atoms with Gasteiger partial charge in [-0.1, -0.05) is 68.4 Å². The Morgan fingerprint density at radius 1 is 0.600 bits per heavy atom. The Labute approximate surface area is 92.0 Å². The van der Waals surface area contributed by atoms with Crippen molar-refractivity contribution >= 4 is 0 Å². The first-order valence-corrected chi connectivity index (χ1v) is 5.13. The van der Waals surface area contributed by atoms with Gasteiger partial charge in [-0.15, -0.1) is 0 Å². The summed E-state index contributed by atoms with van der Waals surface area (Å²) in [6.45, 7) is 4.00. The molecule has 0 amide bonds. The molecule has 0 aliphatic carbocycles. The molecule has 0 aromatic heterocycles. The first-order chi connectivity index (χ1) is 7.39. The van der Waals surface area contributed by atoms with E-state index in [0.29, 0.717) is 5.75 Å². The maximum absolute atomic E-state index is 8.63. The van der Waals surface area contributed by atoms with Crippen LogP contribution in [0.5, 0.6) is 5.75 Å². The molecular weight excluding hydrogens is 184 g/mol. The van der Waals surface area contributed by atoms with Crippen molar-refractivity contribution in [3.05, 3.63) is 66.7 Å². The first kappa shape index (κ1) is 13.2. The summed E-state index contributed by atoms with van der Waals surface area (Å²) in [5, 5.41) is 8.63. The predicted octanol–water partition coefficient (Wildman–Crippen LogP) is 4.11. The third kappa shape index (κ3) is 8.57. The molecule has 0 saturated heterocycles. The number of hydrogen-bond donors (Lipinski definition) is 1. The van der Waals surface area contributed by atoms with Gasteiger partial charge in [0.15, 0.2) is 0 Å². The lowest BCUT2D eigenvalue weighted by atomic mass is 10.3. The quantitative estimate of drug-likeness (QED) is 0.681. The van der Waals surface area contributed by atoms with Crippen molar-refractivity contribution < 1.29 is 5.11 Å². The molecule has 0 atom stereocenters. The molecule has 0 bridgehead atoms. The number of aromatic hydroxyl groups is 1. The summed E-state index contributed by atoms with van der Waals surface area (Å²) in [5.74, 6) is 0.322. The summed E-state index contributed by atoms with van der Waals surface area (Å²) >= 11 is 0. The molecule has 0 aliphatic rings. The van der Waals surface area contributed by atoms with Gasteiger partial charge in [0.25, 0.3) is 0 Å². The van der Waals surface area contributed by atoms with E-state index in [9.17, 15) is 0 Å². The summed E-state index contributed by atoms with van der Waals surface area (Å²) in [4.78, 5) is 0. The van der Waals surface area contributed by atoms with Gasteiger partial charge in [-0.2, -0.15) is 0 Å². The van der Waals surface area contributed by atoms with Gasteiger partial charge in [0.1, 0.15) is 5.75 Å². The monoisotopic (exact) mass is 202 g/mol. The number of phenolic OH excluding ortho intramolecular Hbond substituents is 1. The third-order valence-electron chi connectivity index (χ3n) is 1.42. The van der Waals surface area contributed by atoms with Crippen LogP contribution in [-0.2, 0) is 0 Å². The zero-order valence-electron chi connectivity index (χ0n) is 9.30. The lowest BCUT2D eigenvalue weighted by molar-refractivity contribution is 0.475. The minimum absolute atomic E-state index is 0.322. The smallest absolute Gasteiger partial charge is 0.115 e. The van der Waals surface area contributed by atoms with Gasteiger partial charge in [-0.05, 0) is 12.1 Å². The van der Waals surface area contributed by atoms with E-state index in [0.717, 1.165) is 0 Å². The molecule has 2 rings (SSSR count). The molecule has 2 aromatic carbocycles. The molecule has 0 unspecified atom stereocenters. The first-order valence-electron chi connectivity index (χ1n) is 5.13. The lowest BCUT2D eigenvalue weighted by Crippen LogP contribution is -1.56. The molecule has 0 saturated carbocycles. The van der Waals surface area contributed by atoms with Crippen molar-refractivity contribution in [3.8, 4) is 5.75 Å². The van der Waals surface area contributed by atoms with Crippen molar-refractivity contribution in [2.24, 2.45) is 0 Å². The van der Waals surface area contributed by atoms with Crippen LogP contribution < -0.4 is 0 Å². The number of para-hydroxylation sites is 1. The minimum atomic E-state index is 0.322. The van der Waals surface area contributed by atoms with Crippen LogP contribution in [0.15, 0.2) is 66.7 Å². The van der Waals surface area contributed by atoms with Crippen LogP contribution in [0.4, 0.5) is 0 Å². The van der Waals surface area contributed by atoms with E-state index in [4.69, 9.17) is 5.11 Å². The van der Waals surface area contributed by atoms with Crippen molar-refractivity contribution in [2.45, 2.75) is 13.8 Å². The van der Waals surface area contributed by atoms with Crippen LogP contribution in [0, 0.1) is 0 Å². The highest BCUT2D eigenvalue weighted by Gasteiger charge is 1.74. The van der Waals surface area contributed by atoms with E-state index >= 15 is 0 Å². The highest BCUT2D eigenvalue weighted by molar-refractivity contribution is 5.18. The van der Waals surface area contributed by atoms with E-state index in [1.165, 1.54) is 0 Å². The minimum Gasteiger partial charge on any atom is -0.508 e. The van der Waals surface area contributed by atoms with Gasteiger partial charge in [-0.25, -0.2) is 0 Å². The summed E-state index contributed by atoms with van der Waals surface area (Å²) in [6, 6.07) is 20.7. The predicted molar refractivity (Wildman–Crippen MR) is 65.9 cm³/mol. The fourth-order valence-electron chi connectivity index (χ4n) is 0.813. The molecule has 0 fully saturated rings. The summed E-state index contributed by atoms with van der Waals surface area (Å²) in [5.41, 5.74) is 0. The number of phenols is 1. The van der Waals surface area contributed by atoms with Gasteiger partial charge < -0.3 is 5.11 Å². The van der Waals surface area contributed by atoms with Crippen molar-refractivity contribution in [3.63, 3.8) is 0 Å². The standard InChI is InChI=1S/C6H6O.C6H6.C2H6/c7-6-4-2-1-3-5-6;1-2-4-6-5-3-1;1-2/h1-5,7H;1-6H;1-2H3. The number of rotatable bonds is 0. The highest BCUT2D eigenvalue weighted by atomic mass is 16.3. The molecule has 0 spiro atoms. The largest absolute Gasteiger partial charge is 0.508 e. The van der Waals surface area contributed by atoms with Crippen molar-refractivity contribution in [1.82, 2.24) is 0 Å². The normalized spacial score (nSPS) is 7.60. The Kier molecular flexibility index (Phi) is 9.11. The molecule has 2 aromatic rings. The second-order valence-electron chi connectivity index (χ2n) is 2.49. The summed E-state index contributed by atoms with van der Waals surface area (Å²) in [7, 11) is 0. The fraction of sp³-hybridized carbons (Fsp3) is 0.143. The Balaban J connectivity index is 0.000000227. The molecule has 1 N–H and O–H groups in total. The highest BCUT2D eigenvalue weighted by Crippen LogP contribution is 2.02. The van der Waals surface area contributed by atoms with Gasteiger partial charge in [0.2, 0.25) is 0 Å². The van der Waals surface area contributed by atoms with Gasteiger partial charge >= 0.3 is 0 Å². The molecule has 80 valence electrons. The average Bonchev–Trinajstić information content (AvgIpc) is 2.36. The molecule has 0 aliphatic heterocycles. The Hall–Kier alpha value is -1.76. The SMILES string of the molecule is CC.Oc1ccccc1.c1ccccc1. The topological polar surface area (TPSA) is 20.2 Å². The molecule has 15 heavy (non-hydrogen) atoms. The second kappa shape index (κ2) is 10.3. The molecule has 1 heteroatoms. The van der Waals surface area contributed by atoms with Crippen molar-refractivity contribution in [1.29, 1.82) is 0 Å². The van der Waals surface area contributed by atoms with Crippen LogP contribution in [0.3, 0.4) is 0 Å². The van der Waals surface area contributed by atoms with E-state index in [-0.39, 0.29) is 0 Å². The van der Waals surface area contributed by atoms with Gasteiger partial charge in [0, 0.05) is 0 Å². The Morgan fingerprint density at radius 3 is 1.07 bits per heavy atom. The van der Waals surface area contributed by atoms with E-state index in [1.54, 1.807) is 24.3 Å². The molecule has 0 radical (unpaired) electrons. The lowest BCUT2D eigenvalue weighted by Gasteiger charge is -1.82. The zero-order valence-corrected chi connectivity index (χ0v) is 9.30. The van der Waals surface area contributed by atoms with Crippen LogP contribution in [0.2, 0.25) is 0 Å². The summed E-state index contributed by atoms with van der Waals surface area (Å²) < 4.78 is 0. The van der Waals surface area contributed by atoms with Crippen molar-refractivity contribution in [2.75, 3.05) is 0 Å². The third-order valence-corrected chi connectivity index (χ3v) is 1.42. The van der Waals surface area contributed by atoms with Crippen LogP contribution in [0.1, 0.15) is 13.8 Å². The molecular formula is C14H18O. The number of benzene rings is 2. The Bertz CT molecular complexity index is 276. The van der Waals surface area contributed by atoms with Crippen LogP contribution >= 0.6 is 0 Å². The fourth-order valence-corrected chi connectivity index (χ4v) is 0.813. The number of hydrogen-bond acceptors (Lipinski definition) is 1. The van der Waals surface area contributed by atoms with Gasteiger partial charge in [-0.3, -0.25) is 0 Å². The summed E-state index contributed by atoms with van der Waals surface area (Å²) in [6.07, 6.45) is 0. The van der Waals surface area contributed by atoms with E-state index < -0.39 is 0 Å². The van der Waals surface area contributed by atoms with Gasteiger partial charge in [0.05, 0.1) is 0 Å². The zero-order chi connectivity index (χ0) is 11.4. The average molecular weight is 202 g/mol. The van der Waals surface area contributed by atoms with E-state index in [1.807, 2.05) is 56.3 Å². The molecule has 1 nitrogen and oxygen atoms in total. The second-order valence-corrected chi connectivity index (χ2v) is 2.49. The maximum atomic E-state index is 8.63. The Morgan fingerprint density at radius 2 is 0.867 bits per heavy atom. The maximum Gasteiger partial charge on any atom is 0.115 e. The molecule has 0 heterocycles. The van der Waals surface area contributed by atoms with Crippen LogP contribution in [0.25, 0.3) is 0 Å². The van der Waals surface area contributed by atoms with E-state index in [2.05, 4.69) is 0 Å².